The fraction of sp³-hybridized carbons (Fsp3) is 0.500. The molecule has 0 fully saturated rings. The SMILES string of the molecule is CCCCC1=C(C)c2cc3[nH]c(cc4nc(cc5[nH]c(cc1n2)c(CCCC)c5C)C(C)=C4CCCC)c(CCCC)c3C. The van der Waals surface area contributed by atoms with Crippen LogP contribution in [-0.4, -0.2) is 19.9 Å². The van der Waals surface area contributed by atoms with E-state index in [1.54, 1.807) is 0 Å². The number of hydrogen-bond donors (Lipinski definition) is 2. The van der Waals surface area contributed by atoms with Crippen LogP contribution in [0.5, 0.6) is 0 Å². The number of H-pyrrole nitrogens is 2. The molecule has 0 spiro atoms. The van der Waals surface area contributed by atoms with Crippen molar-refractivity contribution in [1.82, 2.24) is 19.9 Å². The molecule has 3 aromatic heterocycles. The van der Waals surface area contributed by atoms with E-state index in [0.29, 0.717) is 0 Å². The van der Waals surface area contributed by atoms with Gasteiger partial charge < -0.3 is 9.97 Å². The molecule has 0 saturated carbocycles. The Morgan fingerprint density at radius 3 is 1.16 bits per heavy atom. The highest BCUT2D eigenvalue weighted by molar-refractivity contribution is 5.95. The number of nitrogens with zero attached hydrogens (tertiary/aromatic N) is 2. The van der Waals surface area contributed by atoms with E-state index >= 15 is 0 Å². The van der Waals surface area contributed by atoms with Crippen molar-refractivity contribution in [3.8, 4) is 0 Å². The molecule has 44 heavy (non-hydrogen) atoms. The number of fused-ring (bicyclic) bond motifs is 8. The summed E-state index contributed by atoms with van der Waals surface area (Å²) in [4.78, 5) is 18.4. The smallest absolute Gasteiger partial charge is 0.0693 e. The van der Waals surface area contributed by atoms with Gasteiger partial charge in [0.2, 0.25) is 0 Å². The second-order valence-corrected chi connectivity index (χ2v) is 13.1. The molecule has 4 heteroatoms. The van der Waals surface area contributed by atoms with Gasteiger partial charge in [-0.15, -0.1) is 0 Å². The second-order valence-electron chi connectivity index (χ2n) is 13.1. The molecule has 2 aliphatic rings. The molecule has 4 nitrogen and oxygen atoms in total. The van der Waals surface area contributed by atoms with Crippen molar-refractivity contribution in [2.75, 3.05) is 0 Å². The quantitative estimate of drug-likeness (QED) is 0.220. The van der Waals surface area contributed by atoms with Gasteiger partial charge in [-0.2, -0.15) is 0 Å². The van der Waals surface area contributed by atoms with Gasteiger partial charge in [-0.1, -0.05) is 53.4 Å². The van der Waals surface area contributed by atoms with Gasteiger partial charge in [0, 0.05) is 22.1 Å². The average molecular weight is 591 g/mol. The molecular weight excluding hydrogens is 536 g/mol. The summed E-state index contributed by atoms with van der Waals surface area (Å²) in [5, 5.41) is 0. The molecule has 234 valence electrons. The largest absolute Gasteiger partial charge is 0.355 e. The van der Waals surface area contributed by atoms with E-state index in [1.807, 2.05) is 0 Å². The number of aromatic nitrogens is 4. The molecule has 0 saturated heterocycles. The van der Waals surface area contributed by atoms with Crippen LogP contribution in [0.4, 0.5) is 0 Å². The number of unbranched alkanes of at least 4 members (excludes halogenated alkanes) is 4. The maximum atomic E-state index is 5.33. The summed E-state index contributed by atoms with van der Waals surface area (Å²) in [6.45, 7) is 18.2. The third-order valence-electron chi connectivity index (χ3n) is 9.92. The van der Waals surface area contributed by atoms with Gasteiger partial charge >= 0.3 is 0 Å². The summed E-state index contributed by atoms with van der Waals surface area (Å²) >= 11 is 0. The Labute approximate surface area is 265 Å². The molecule has 8 bridgehead atoms. The second kappa shape index (κ2) is 14.1. The van der Waals surface area contributed by atoms with Crippen LogP contribution in [0.2, 0.25) is 0 Å². The van der Waals surface area contributed by atoms with Gasteiger partial charge in [0.15, 0.2) is 0 Å². The standard InChI is InChI=1S/C40H54N4/c1-9-13-17-29-25(5)33-21-34-27(7)31(19-15-11-3)39(43-34)24-40-32(20-16-12-4)28(8)36(44-40)22-35-26(6)30(18-14-10-2)38(42-35)23-37(29)41-33/h21-24,41,44H,9-20H2,1-8H3. The van der Waals surface area contributed by atoms with Gasteiger partial charge in [-0.25, -0.2) is 9.97 Å². The number of allylic oxidation sites excluding steroid dienone is 4. The zero-order valence-electron chi connectivity index (χ0n) is 28.7. The van der Waals surface area contributed by atoms with E-state index in [-0.39, 0.29) is 0 Å². The summed E-state index contributed by atoms with van der Waals surface area (Å²) in [5.74, 6) is 0. The molecule has 5 heterocycles. The van der Waals surface area contributed by atoms with Gasteiger partial charge in [-0.3, -0.25) is 0 Å². The lowest BCUT2D eigenvalue weighted by Gasteiger charge is -2.04. The van der Waals surface area contributed by atoms with Crippen LogP contribution in [0, 0.1) is 13.8 Å². The normalized spacial score (nSPS) is 13.5. The molecular formula is C40H54N4. The number of hydrogen-bond acceptors (Lipinski definition) is 2. The summed E-state index contributed by atoms with van der Waals surface area (Å²) in [6.07, 6.45) is 13.7. The Bertz CT molecular complexity index is 1610. The van der Waals surface area contributed by atoms with Crippen molar-refractivity contribution in [3.63, 3.8) is 0 Å². The van der Waals surface area contributed by atoms with Gasteiger partial charge in [0.1, 0.15) is 0 Å². The zero-order valence-corrected chi connectivity index (χ0v) is 28.7. The molecule has 0 unspecified atom stereocenters. The number of nitrogens with one attached hydrogen (secondary N) is 2. The van der Waals surface area contributed by atoms with Crippen molar-refractivity contribution in [3.05, 3.63) is 69.3 Å². The molecule has 2 N–H and O–H groups in total. The first-order valence-corrected chi connectivity index (χ1v) is 17.4. The molecule has 0 aromatic carbocycles. The molecule has 0 amide bonds. The lowest BCUT2D eigenvalue weighted by molar-refractivity contribution is 0.796. The molecule has 3 aromatic rings. The van der Waals surface area contributed by atoms with Crippen LogP contribution in [-0.2, 0) is 12.8 Å². The van der Waals surface area contributed by atoms with Crippen molar-refractivity contribution >= 4 is 44.4 Å². The highest BCUT2D eigenvalue weighted by Gasteiger charge is 2.20. The first-order valence-electron chi connectivity index (χ1n) is 17.4. The zero-order chi connectivity index (χ0) is 31.4. The Morgan fingerprint density at radius 2 is 0.795 bits per heavy atom. The summed E-state index contributed by atoms with van der Waals surface area (Å²) in [5.41, 5.74) is 20.1. The van der Waals surface area contributed by atoms with Crippen LogP contribution in [0.1, 0.15) is 151 Å². The van der Waals surface area contributed by atoms with Crippen molar-refractivity contribution in [2.45, 2.75) is 132 Å². The van der Waals surface area contributed by atoms with E-state index in [0.717, 1.165) is 48.5 Å². The fourth-order valence-electron chi connectivity index (χ4n) is 6.90. The van der Waals surface area contributed by atoms with Gasteiger partial charge in [0.05, 0.1) is 22.8 Å². The van der Waals surface area contributed by atoms with Crippen molar-refractivity contribution < 1.29 is 0 Å². The molecule has 0 aliphatic carbocycles. The summed E-state index contributed by atoms with van der Waals surface area (Å²) < 4.78 is 0. The summed E-state index contributed by atoms with van der Waals surface area (Å²) in [7, 11) is 0. The average Bonchev–Trinajstić information content (AvgIpc) is 3.66. The van der Waals surface area contributed by atoms with Gasteiger partial charge in [0.25, 0.3) is 0 Å². The van der Waals surface area contributed by atoms with Gasteiger partial charge in [-0.05, 0) is 148 Å². The Morgan fingerprint density at radius 1 is 0.455 bits per heavy atom. The highest BCUT2D eigenvalue weighted by Crippen LogP contribution is 2.37. The molecule has 0 radical (unpaired) electrons. The van der Waals surface area contributed by atoms with Crippen LogP contribution in [0.3, 0.4) is 0 Å². The fourth-order valence-corrected chi connectivity index (χ4v) is 6.90. The number of aryl methyl sites for hydroxylation is 4. The van der Waals surface area contributed by atoms with Crippen LogP contribution >= 0.6 is 0 Å². The molecule has 2 aliphatic heterocycles. The van der Waals surface area contributed by atoms with Crippen LogP contribution < -0.4 is 0 Å². The Balaban J connectivity index is 1.91. The Kier molecular flexibility index (Phi) is 10.3. The molecule has 5 rings (SSSR count). The Hall–Kier alpha value is -3.40. The lowest BCUT2D eigenvalue weighted by atomic mass is 9.99. The van der Waals surface area contributed by atoms with Crippen LogP contribution in [0.15, 0.2) is 24.3 Å². The topological polar surface area (TPSA) is 57.4 Å². The highest BCUT2D eigenvalue weighted by atomic mass is 14.8. The minimum Gasteiger partial charge on any atom is -0.355 e. The lowest BCUT2D eigenvalue weighted by Crippen LogP contribution is -1.88. The number of rotatable bonds is 12. The van der Waals surface area contributed by atoms with E-state index < -0.39 is 0 Å². The minimum atomic E-state index is 1.06. The van der Waals surface area contributed by atoms with Crippen LogP contribution in [0.25, 0.3) is 44.4 Å². The maximum Gasteiger partial charge on any atom is 0.0693 e. The maximum absolute atomic E-state index is 5.33. The van der Waals surface area contributed by atoms with E-state index in [1.165, 1.54) is 118 Å². The minimum absolute atomic E-state index is 1.06. The summed E-state index contributed by atoms with van der Waals surface area (Å²) in [6, 6.07) is 9.29. The third-order valence-corrected chi connectivity index (χ3v) is 9.92. The first-order chi connectivity index (χ1) is 21.3. The third kappa shape index (κ3) is 6.36. The first kappa shape index (κ1) is 32.0. The van der Waals surface area contributed by atoms with Crippen molar-refractivity contribution in [2.24, 2.45) is 0 Å². The number of aromatic amines is 2. The van der Waals surface area contributed by atoms with E-state index in [2.05, 4.69) is 89.6 Å². The monoisotopic (exact) mass is 590 g/mol. The molecule has 0 atom stereocenters. The van der Waals surface area contributed by atoms with Crippen molar-refractivity contribution in [1.29, 1.82) is 0 Å². The predicted octanol–water partition coefficient (Wildman–Crippen LogP) is 11.9. The van der Waals surface area contributed by atoms with E-state index in [4.69, 9.17) is 9.97 Å². The predicted molar refractivity (Wildman–Crippen MR) is 192 cm³/mol. The van der Waals surface area contributed by atoms with E-state index in [9.17, 15) is 0 Å².